The predicted molar refractivity (Wildman–Crippen MR) is 50.7 cm³/mol. The van der Waals surface area contributed by atoms with Crippen molar-refractivity contribution in [3.05, 3.63) is 12.3 Å². The molecule has 1 aromatic rings. The average molecular weight is 178 g/mol. The maximum Gasteiger partial charge on any atom is 0.145 e. The SMILES string of the molecule is CC(C)(C#N)CCn1ccc(N)n1. The Bertz CT molecular complexity index is 319. The van der Waals surface area contributed by atoms with E-state index >= 15 is 0 Å². The summed E-state index contributed by atoms with van der Waals surface area (Å²) in [5.41, 5.74) is 5.16. The number of aromatic nitrogens is 2. The molecule has 0 spiro atoms. The van der Waals surface area contributed by atoms with Gasteiger partial charge in [0.25, 0.3) is 0 Å². The lowest BCUT2D eigenvalue weighted by molar-refractivity contribution is 0.399. The predicted octanol–water partition coefficient (Wildman–Crippen LogP) is 1.41. The van der Waals surface area contributed by atoms with E-state index in [2.05, 4.69) is 11.2 Å². The van der Waals surface area contributed by atoms with Crippen molar-refractivity contribution in [2.75, 3.05) is 5.73 Å². The fraction of sp³-hybridized carbons (Fsp3) is 0.556. The Labute approximate surface area is 78.0 Å². The Hall–Kier alpha value is -1.50. The van der Waals surface area contributed by atoms with Gasteiger partial charge in [-0.2, -0.15) is 10.4 Å². The molecule has 0 fully saturated rings. The minimum Gasteiger partial charge on any atom is -0.382 e. The van der Waals surface area contributed by atoms with Crippen molar-refractivity contribution in [3.63, 3.8) is 0 Å². The van der Waals surface area contributed by atoms with E-state index in [1.165, 1.54) is 0 Å². The van der Waals surface area contributed by atoms with Crippen LogP contribution in [0, 0.1) is 16.7 Å². The molecule has 0 aliphatic carbocycles. The zero-order chi connectivity index (χ0) is 9.90. The van der Waals surface area contributed by atoms with Crippen LogP contribution in [0.4, 0.5) is 5.82 Å². The molecule has 2 N–H and O–H groups in total. The number of aryl methyl sites for hydroxylation is 1. The monoisotopic (exact) mass is 178 g/mol. The number of rotatable bonds is 3. The molecule has 0 unspecified atom stereocenters. The van der Waals surface area contributed by atoms with Gasteiger partial charge >= 0.3 is 0 Å². The fourth-order valence-corrected chi connectivity index (χ4v) is 0.952. The van der Waals surface area contributed by atoms with Crippen molar-refractivity contribution < 1.29 is 0 Å². The molecule has 1 heterocycles. The van der Waals surface area contributed by atoms with Crippen LogP contribution in [0.3, 0.4) is 0 Å². The van der Waals surface area contributed by atoms with Gasteiger partial charge in [0, 0.05) is 12.7 Å². The molecule has 0 bridgehead atoms. The second-order valence-electron chi connectivity index (χ2n) is 3.75. The summed E-state index contributed by atoms with van der Waals surface area (Å²) in [4.78, 5) is 0. The van der Waals surface area contributed by atoms with Crippen LogP contribution in [0.2, 0.25) is 0 Å². The standard InChI is InChI=1S/C9H14N4/c1-9(2,7-10)4-6-13-5-3-8(11)12-13/h3,5H,4,6H2,1-2H3,(H2,11,12). The van der Waals surface area contributed by atoms with Gasteiger partial charge in [-0.25, -0.2) is 0 Å². The third-order valence-corrected chi connectivity index (χ3v) is 1.93. The van der Waals surface area contributed by atoms with Gasteiger partial charge in [-0.05, 0) is 26.3 Å². The van der Waals surface area contributed by atoms with Gasteiger partial charge in [0.2, 0.25) is 0 Å². The fourth-order valence-electron chi connectivity index (χ4n) is 0.952. The van der Waals surface area contributed by atoms with Gasteiger partial charge in [0.15, 0.2) is 0 Å². The molecule has 0 atom stereocenters. The summed E-state index contributed by atoms with van der Waals surface area (Å²) in [6.07, 6.45) is 2.60. The van der Waals surface area contributed by atoms with Gasteiger partial charge < -0.3 is 5.73 Å². The van der Waals surface area contributed by atoms with Crippen LogP contribution in [0.5, 0.6) is 0 Å². The smallest absolute Gasteiger partial charge is 0.145 e. The van der Waals surface area contributed by atoms with Gasteiger partial charge in [-0.1, -0.05) is 0 Å². The van der Waals surface area contributed by atoms with E-state index in [0.29, 0.717) is 5.82 Å². The lowest BCUT2D eigenvalue weighted by Crippen LogP contribution is -2.12. The minimum atomic E-state index is -0.291. The first-order valence-electron chi connectivity index (χ1n) is 4.24. The zero-order valence-corrected chi connectivity index (χ0v) is 7.99. The Kier molecular flexibility index (Phi) is 2.57. The maximum absolute atomic E-state index is 8.77. The molecular formula is C9H14N4. The number of nitrogens with two attached hydrogens (primary N) is 1. The molecule has 4 nitrogen and oxygen atoms in total. The topological polar surface area (TPSA) is 67.6 Å². The van der Waals surface area contributed by atoms with E-state index in [1.54, 1.807) is 10.7 Å². The molecule has 0 saturated heterocycles. The van der Waals surface area contributed by atoms with Gasteiger partial charge in [-0.15, -0.1) is 0 Å². The molecule has 0 aliphatic rings. The molecular weight excluding hydrogens is 164 g/mol. The molecule has 1 rings (SSSR count). The molecule has 0 aromatic carbocycles. The van der Waals surface area contributed by atoms with E-state index in [1.807, 2.05) is 20.0 Å². The summed E-state index contributed by atoms with van der Waals surface area (Å²) in [5.74, 6) is 0.523. The summed E-state index contributed by atoms with van der Waals surface area (Å²) in [5, 5.41) is 12.8. The molecule has 0 radical (unpaired) electrons. The largest absolute Gasteiger partial charge is 0.382 e. The molecule has 1 aromatic heterocycles. The van der Waals surface area contributed by atoms with Gasteiger partial charge in [0.1, 0.15) is 5.82 Å². The normalized spacial score (nSPS) is 11.2. The van der Waals surface area contributed by atoms with E-state index in [4.69, 9.17) is 11.0 Å². The third kappa shape index (κ3) is 2.79. The van der Waals surface area contributed by atoms with Crippen LogP contribution in [-0.4, -0.2) is 9.78 Å². The first-order chi connectivity index (χ1) is 6.03. The highest BCUT2D eigenvalue weighted by molar-refractivity contribution is 5.23. The first-order valence-corrected chi connectivity index (χ1v) is 4.24. The van der Waals surface area contributed by atoms with E-state index < -0.39 is 0 Å². The highest BCUT2D eigenvalue weighted by atomic mass is 15.3. The van der Waals surface area contributed by atoms with Crippen molar-refractivity contribution in [2.45, 2.75) is 26.8 Å². The van der Waals surface area contributed by atoms with Crippen molar-refractivity contribution in [1.82, 2.24) is 9.78 Å². The van der Waals surface area contributed by atoms with Crippen molar-refractivity contribution in [1.29, 1.82) is 5.26 Å². The highest BCUT2D eigenvalue weighted by Gasteiger charge is 2.16. The van der Waals surface area contributed by atoms with Crippen LogP contribution >= 0.6 is 0 Å². The number of nitrogens with zero attached hydrogens (tertiary/aromatic N) is 3. The Morgan fingerprint density at radius 1 is 1.69 bits per heavy atom. The number of hydrogen-bond donors (Lipinski definition) is 1. The maximum atomic E-state index is 8.77. The number of anilines is 1. The van der Waals surface area contributed by atoms with E-state index in [9.17, 15) is 0 Å². The molecule has 0 amide bonds. The van der Waals surface area contributed by atoms with Crippen LogP contribution in [0.1, 0.15) is 20.3 Å². The van der Waals surface area contributed by atoms with Crippen molar-refractivity contribution in [3.8, 4) is 6.07 Å². The Morgan fingerprint density at radius 2 is 2.38 bits per heavy atom. The lowest BCUT2D eigenvalue weighted by Gasteiger charge is -2.14. The third-order valence-electron chi connectivity index (χ3n) is 1.93. The van der Waals surface area contributed by atoms with Gasteiger partial charge in [-0.3, -0.25) is 4.68 Å². The number of hydrogen-bond acceptors (Lipinski definition) is 3. The minimum absolute atomic E-state index is 0.291. The van der Waals surface area contributed by atoms with Crippen molar-refractivity contribution >= 4 is 5.82 Å². The summed E-state index contributed by atoms with van der Waals surface area (Å²) < 4.78 is 1.76. The van der Waals surface area contributed by atoms with Crippen LogP contribution < -0.4 is 5.73 Å². The van der Waals surface area contributed by atoms with Crippen LogP contribution in [0.15, 0.2) is 12.3 Å². The summed E-state index contributed by atoms with van der Waals surface area (Å²) in [6.45, 7) is 4.57. The molecule has 4 heteroatoms. The molecule has 0 saturated carbocycles. The summed E-state index contributed by atoms with van der Waals surface area (Å²) >= 11 is 0. The first kappa shape index (κ1) is 9.59. The van der Waals surface area contributed by atoms with E-state index in [0.717, 1.165) is 13.0 Å². The summed E-state index contributed by atoms with van der Waals surface area (Å²) in [7, 11) is 0. The highest BCUT2D eigenvalue weighted by Crippen LogP contribution is 2.19. The van der Waals surface area contributed by atoms with Gasteiger partial charge in [0.05, 0.1) is 11.5 Å². The Morgan fingerprint density at radius 3 is 2.85 bits per heavy atom. The second-order valence-corrected chi connectivity index (χ2v) is 3.75. The number of nitriles is 1. The van der Waals surface area contributed by atoms with Crippen LogP contribution in [0.25, 0.3) is 0 Å². The van der Waals surface area contributed by atoms with Crippen molar-refractivity contribution in [2.24, 2.45) is 5.41 Å². The number of nitrogen functional groups attached to an aromatic ring is 1. The second kappa shape index (κ2) is 3.48. The lowest BCUT2D eigenvalue weighted by atomic mass is 9.92. The molecule has 0 aliphatic heterocycles. The Balaban J connectivity index is 2.49. The molecule has 70 valence electrons. The van der Waals surface area contributed by atoms with E-state index in [-0.39, 0.29) is 5.41 Å². The average Bonchev–Trinajstić information content (AvgIpc) is 2.48. The molecule has 13 heavy (non-hydrogen) atoms. The summed E-state index contributed by atoms with van der Waals surface area (Å²) in [6, 6.07) is 4.00. The van der Waals surface area contributed by atoms with Crippen LogP contribution in [-0.2, 0) is 6.54 Å². The quantitative estimate of drug-likeness (QED) is 0.760. The zero-order valence-electron chi connectivity index (χ0n) is 7.99.